The van der Waals surface area contributed by atoms with E-state index in [0.29, 0.717) is 21.3 Å². The van der Waals surface area contributed by atoms with Crippen molar-refractivity contribution < 1.29 is 14.4 Å². The number of anilines is 1. The Hall–Kier alpha value is -3.26. The number of hydrogen-bond acceptors (Lipinski definition) is 4. The quantitative estimate of drug-likeness (QED) is 0.576. The van der Waals surface area contributed by atoms with Crippen molar-refractivity contribution in [2.45, 2.75) is 25.8 Å². The topological polar surface area (TPSA) is 84.3 Å². The van der Waals surface area contributed by atoms with E-state index in [1.165, 1.54) is 12.1 Å². The molecule has 0 saturated carbocycles. The molecule has 0 radical (unpaired) electrons. The van der Waals surface area contributed by atoms with Crippen LogP contribution in [0, 0.1) is 0 Å². The summed E-state index contributed by atoms with van der Waals surface area (Å²) in [7, 11) is 0. The van der Waals surface area contributed by atoms with Crippen molar-refractivity contribution in [3.8, 4) is 11.4 Å². The van der Waals surface area contributed by atoms with E-state index in [-0.39, 0.29) is 6.54 Å². The fraction of sp³-hybridized carbons (Fsp3) is 0.217. The number of benzene rings is 2. The first-order valence-corrected chi connectivity index (χ1v) is 10.9. The van der Waals surface area contributed by atoms with Crippen LogP contribution in [0.5, 0.6) is 0 Å². The highest BCUT2D eigenvalue weighted by atomic mass is 79.9. The SMILES string of the molecule is O=C(CN1C(=O)c2ccc(Br)cc2C1=O)Nc1ccc(-c2ncc3n2CCCC3)cc1. The molecule has 0 atom stereocenters. The maximum atomic E-state index is 12.5. The van der Waals surface area contributed by atoms with Crippen LogP contribution in [0.3, 0.4) is 0 Å². The van der Waals surface area contributed by atoms with Crippen molar-refractivity contribution in [3.05, 3.63) is 70.0 Å². The van der Waals surface area contributed by atoms with Gasteiger partial charge in [-0.15, -0.1) is 0 Å². The fourth-order valence-corrected chi connectivity index (χ4v) is 4.48. The van der Waals surface area contributed by atoms with Crippen molar-refractivity contribution in [2.24, 2.45) is 0 Å². The van der Waals surface area contributed by atoms with E-state index in [9.17, 15) is 14.4 Å². The highest BCUT2D eigenvalue weighted by molar-refractivity contribution is 9.10. The van der Waals surface area contributed by atoms with Gasteiger partial charge in [-0.25, -0.2) is 4.98 Å². The van der Waals surface area contributed by atoms with Gasteiger partial charge in [-0.1, -0.05) is 15.9 Å². The summed E-state index contributed by atoms with van der Waals surface area (Å²) < 4.78 is 2.95. The molecule has 5 rings (SSSR count). The minimum atomic E-state index is -0.462. The molecule has 7 nitrogen and oxygen atoms in total. The third kappa shape index (κ3) is 3.57. The van der Waals surface area contributed by atoms with Crippen LogP contribution in [-0.4, -0.2) is 38.7 Å². The Labute approximate surface area is 187 Å². The number of imide groups is 1. The lowest BCUT2D eigenvalue weighted by Gasteiger charge is -2.17. The standard InChI is InChI=1S/C23H19BrN4O3/c24-15-6-9-18-19(11-15)23(31)28(22(18)30)13-20(29)26-16-7-4-14(5-8-16)21-25-12-17-3-1-2-10-27(17)21/h4-9,11-12H,1-3,10,13H2,(H,26,29). The van der Waals surface area contributed by atoms with Crippen LogP contribution in [0.15, 0.2) is 53.1 Å². The normalized spacial score (nSPS) is 15.1. The molecular weight excluding hydrogens is 460 g/mol. The van der Waals surface area contributed by atoms with E-state index < -0.39 is 17.7 Å². The summed E-state index contributed by atoms with van der Waals surface area (Å²) in [6.45, 7) is 0.638. The van der Waals surface area contributed by atoms with Gasteiger partial charge in [0.2, 0.25) is 5.91 Å². The lowest BCUT2D eigenvalue weighted by atomic mass is 10.1. The molecule has 0 saturated heterocycles. The smallest absolute Gasteiger partial charge is 0.262 e. The highest BCUT2D eigenvalue weighted by Crippen LogP contribution is 2.27. The fourth-order valence-electron chi connectivity index (χ4n) is 4.12. The van der Waals surface area contributed by atoms with Gasteiger partial charge in [-0.3, -0.25) is 19.3 Å². The molecule has 0 unspecified atom stereocenters. The summed E-state index contributed by atoms with van der Waals surface area (Å²) in [5.41, 5.74) is 3.45. The average molecular weight is 479 g/mol. The molecule has 2 aliphatic rings. The Kier molecular flexibility index (Phi) is 4.94. The zero-order valence-electron chi connectivity index (χ0n) is 16.6. The summed E-state index contributed by atoms with van der Waals surface area (Å²) in [5, 5.41) is 2.76. The number of hydrogen-bond donors (Lipinski definition) is 1. The number of imidazole rings is 1. The molecule has 0 spiro atoms. The van der Waals surface area contributed by atoms with E-state index in [2.05, 4.69) is 30.8 Å². The second-order valence-electron chi connectivity index (χ2n) is 7.69. The van der Waals surface area contributed by atoms with Crippen LogP contribution in [-0.2, 0) is 17.8 Å². The van der Waals surface area contributed by atoms with Crippen LogP contribution in [0.4, 0.5) is 5.69 Å². The van der Waals surface area contributed by atoms with E-state index >= 15 is 0 Å². The number of halogens is 1. The number of amides is 3. The Bertz CT molecular complexity index is 1220. The zero-order valence-corrected chi connectivity index (χ0v) is 18.2. The molecule has 1 aromatic heterocycles. The summed E-state index contributed by atoms with van der Waals surface area (Å²) >= 11 is 3.30. The molecule has 2 aliphatic heterocycles. The molecule has 3 aromatic rings. The lowest BCUT2D eigenvalue weighted by molar-refractivity contribution is -0.116. The Balaban J connectivity index is 1.27. The van der Waals surface area contributed by atoms with Gasteiger partial charge in [0.1, 0.15) is 12.4 Å². The highest BCUT2D eigenvalue weighted by Gasteiger charge is 2.36. The van der Waals surface area contributed by atoms with Crippen LogP contribution >= 0.6 is 15.9 Å². The molecule has 0 aliphatic carbocycles. The first kappa shape index (κ1) is 19.7. The summed E-state index contributed by atoms with van der Waals surface area (Å²) in [6, 6.07) is 12.3. The summed E-state index contributed by atoms with van der Waals surface area (Å²) in [4.78, 5) is 43.1. The van der Waals surface area contributed by atoms with Gasteiger partial charge in [0, 0.05) is 34.2 Å². The minimum Gasteiger partial charge on any atom is -0.328 e. The lowest BCUT2D eigenvalue weighted by Crippen LogP contribution is -2.37. The molecule has 3 heterocycles. The van der Waals surface area contributed by atoms with E-state index in [4.69, 9.17) is 0 Å². The summed E-state index contributed by atoms with van der Waals surface area (Å²) in [6.07, 6.45) is 5.33. The molecule has 0 bridgehead atoms. The van der Waals surface area contributed by atoms with Crippen LogP contribution in [0.2, 0.25) is 0 Å². The van der Waals surface area contributed by atoms with Gasteiger partial charge < -0.3 is 9.88 Å². The number of fused-ring (bicyclic) bond motifs is 2. The number of nitrogens with one attached hydrogen (secondary N) is 1. The minimum absolute atomic E-state index is 0.305. The number of aromatic nitrogens is 2. The first-order chi connectivity index (χ1) is 15.0. The predicted octanol–water partition coefficient (Wildman–Crippen LogP) is 3.88. The van der Waals surface area contributed by atoms with Crippen LogP contribution in [0.1, 0.15) is 39.3 Å². The van der Waals surface area contributed by atoms with Gasteiger partial charge in [-0.2, -0.15) is 0 Å². The third-order valence-corrected chi connectivity index (χ3v) is 6.16. The number of carbonyl (C=O) groups excluding carboxylic acids is 3. The van der Waals surface area contributed by atoms with E-state index in [1.807, 2.05) is 18.3 Å². The molecule has 1 N–H and O–H groups in total. The van der Waals surface area contributed by atoms with E-state index in [0.717, 1.165) is 35.7 Å². The predicted molar refractivity (Wildman–Crippen MR) is 119 cm³/mol. The van der Waals surface area contributed by atoms with Gasteiger partial charge in [0.05, 0.1) is 11.1 Å². The molecular formula is C23H19BrN4O3. The maximum Gasteiger partial charge on any atom is 0.262 e. The first-order valence-electron chi connectivity index (χ1n) is 10.1. The number of nitrogens with zero attached hydrogens (tertiary/aromatic N) is 3. The Morgan fingerprint density at radius 1 is 1.03 bits per heavy atom. The van der Waals surface area contributed by atoms with E-state index in [1.54, 1.807) is 30.3 Å². The molecule has 31 heavy (non-hydrogen) atoms. The van der Waals surface area contributed by atoms with Crippen molar-refractivity contribution in [1.82, 2.24) is 14.5 Å². The molecule has 3 amide bonds. The Morgan fingerprint density at radius 2 is 1.81 bits per heavy atom. The number of rotatable bonds is 4. The zero-order chi connectivity index (χ0) is 21.5. The maximum absolute atomic E-state index is 12.5. The van der Waals surface area contributed by atoms with Crippen molar-refractivity contribution >= 4 is 39.3 Å². The van der Waals surface area contributed by atoms with Gasteiger partial charge >= 0.3 is 0 Å². The van der Waals surface area contributed by atoms with Crippen LogP contribution < -0.4 is 5.32 Å². The molecule has 2 aromatic carbocycles. The van der Waals surface area contributed by atoms with Gasteiger partial charge in [0.25, 0.3) is 11.8 Å². The molecule has 156 valence electrons. The van der Waals surface area contributed by atoms with Gasteiger partial charge in [-0.05, 0) is 61.7 Å². The molecule has 8 heteroatoms. The monoisotopic (exact) mass is 478 g/mol. The number of carbonyl (C=O) groups is 3. The van der Waals surface area contributed by atoms with Crippen molar-refractivity contribution in [1.29, 1.82) is 0 Å². The van der Waals surface area contributed by atoms with Crippen LogP contribution in [0.25, 0.3) is 11.4 Å². The van der Waals surface area contributed by atoms with Crippen molar-refractivity contribution in [3.63, 3.8) is 0 Å². The van der Waals surface area contributed by atoms with Crippen molar-refractivity contribution in [2.75, 3.05) is 11.9 Å². The second-order valence-corrected chi connectivity index (χ2v) is 8.61. The second kappa shape index (κ2) is 7.77. The van der Waals surface area contributed by atoms with Gasteiger partial charge in [0.15, 0.2) is 0 Å². The molecule has 0 fully saturated rings. The number of aryl methyl sites for hydroxylation is 1. The average Bonchev–Trinajstić information content (AvgIpc) is 3.30. The third-order valence-electron chi connectivity index (χ3n) is 5.66. The summed E-state index contributed by atoms with van der Waals surface area (Å²) in [5.74, 6) is -0.415. The largest absolute Gasteiger partial charge is 0.328 e. The Morgan fingerprint density at radius 3 is 2.61 bits per heavy atom.